The van der Waals surface area contributed by atoms with Gasteiger partial charge in [-0.2, -0.15) is 23.5 Å². The van der Waals surface area contributed by atoms with Gasteiger partial charge >= 0.3 is 6.18 Å². The number of aryl methyl sites for hydroxylation is 1. The van der Waals surface area contributed by atoms with Gasteiger partial charge in [0.05, 0.1) is 23.8 Å². The van der Waals surface area contributed by atoms with Crippen LogP contribution in [0.1, 0.15) is 35.0 Å². The molecule has 0 saturated carbocycles. The van der Waals surface area contributed by atoms with E-state index in [1.54, 1.807) is 41.1 Å². The fourth-order valence-electron chi connectivity index (χ4n) is 5.12. The zero-order valence-corrected chi connectivity index (χ0v) is 18.6. The molecule has 3 heterocycles. The molecule has 7 nitrogen and oxygen atoms in total. The average Bonchev–Trinajstić information content (AvgIpc) is 3.42. The summed E-state index contributed by atoms with van der Waals surface area (Å²) in [7, 11) is 1.60. The van der Waals surface area contributed by atoms with Crippen LogP contribution in [-0.4, -0.2) is 60.5 Å². The molecule has 4 rings (SSSR count). The van der Waals surface area contributed by atoms with Crippen molar-refractivity contribution in [2.24, 2.45) is 11.3 Å². The average molecular weight is 461 g/mol. The van der Waals surface area contributed by atoms with Crippen LogP contribution in [0.3, 0.4) is 0 Å². The minimum Gasteiger partial charge on any atom is -0.384 e. The number of halogens is 3. The van der Waals surface area contributed by atoms with Gasteiger partial charge < -0.3 is 14.5 Å². The summed E-state index contributed by atoms with van der Waals surface area (Å²) in [5, 5.41) is 13.4. The Kier molecular flexibility index (Phi) is 6.10. The first-order chi connectivity index (χ1) is 15.7. The molecule has 2 fully saturated rings. The molecule has 0 spiro atoms. The first-order valence-corrected chi connectivity index (χ1v) is 10.9. The number of nitrogens with zero attached hydrogens (tertiary/aromatic N) is 5. The highest BCUT2D eigenvalue weighted by Gasteiger charge is 2.51. The highest BCUT2D eigenvalue weighted by molar-refractivity contribution is 5.92. The maximum Gasteiger partial charge on any atom is 0.417 e. The molecule has 2 aromatic rings. The predicted molar refractivity (Wildman–Crippen MR) is 115 cm³/mol. The predicted octanol–water partition coefficient (Wildman–Crippen LogP) is 3.41. The highest BCUT2D eigenvalue weighted by atomic mass is 19.4. The van der Waals surface area contributed by atoms with E-state index in [0.717, 1.165) is 12.5 Å². The number of likely N-dealkylation sites (tertiary alicyclic amines) is 1. The Morgan fingerprint density at radius 3 is 2.76 bits per heavy atom. The van der Waals surface area contributed by atoms with Gasteiger partial charge in [0.15, 0.2) is 0 Å². The number of methoxy groups -OCH3 is 1. The van der Waals surface area contributed by atoms with Crippen molar-refractivity contribution in [2.75, 3.05) is 44.8 Å². The van der Waals surface area contributed by atoms with Crippen molar-refractivity contribution in [3.8, 4) is 6.07 Å². The fourth-order valence-corrected chi connectivity index (χ4v) is 5.12. The van der Waals surface area contributed by atoms with Gasteiger partial charge in [-0.1, -0.05) is 0 Å². The molecule has 1 aromatic carbocycles. The summed E-state index contributed by atoms with van der Waals surface area (Å²) in [4.78, 5) is 16.8. The lowest BCUT2D eigenvalue weighted by atomic mass is 9.74. The minimum absolute atomic E-state index is 0.146. The third kappa shape index (κ3) is 4.29. The molecule has 2 aliphatic rings. The number of anilines is 1. The molecule has 0 unspecified atom stereocenters. The van der Waals surface area contributed by atoms with E-state index in [1.807, 2.05) is 11.8 Å². The quantitative estimate of drug-likeness (QED) is 0.682. The Labute approximate surface area is 190 Å². The minimum atomic E-state index is -4.61. The van der Waals surface area contributed by atoms with Gasteiger partial charge in [0.1, 0.15) is 5.69 Å². The Morgan fingerprint density at radius 1 is 1.33 bits per heavy atom. The normalized spacial score (nSPS) is 22.8. The molecule has 0 N–H and O–H groups in total. The Balaban J connectivity index is 1.59. The fraction of sp³-hybridized carbons (Fsp3) is 0.522. The second kappa shape index (κ2) is 8.71. The summed E-state index contributed by atoms with van der Waals surface area (Å²) in [6.07, 6.45) is -2.11. The molecule has 176 valence electrons. The molecule has 2 atom stereocenters. The van der Waals surface area contributed by atoms with E-state index in [0.29, 0.717) is 50.7 Å². The lowest BCUT2D eigenvalue weighted by molar-refractivity contribution is -0.137. The Morgan fingerprint density at radius 2 is 2.12 bits per heavy atom. The largest absolute Gasteiger partial charge is 0.417 e. The van der Waals surface area contributed by atoms with Crippen LogP contribution in [0.5, 0.6) is 0 Å². The van der Waals surface area contributed by atoms with Gasteiger partial charge in [0.2, 0.25) is 0 Å². The molecule has 0 aliphatic carbocycles. The number of benzene rings is 1. The number of carbonyl (C=O) groups is 1. The molecule has 2 saturated heterocycles. The van der Waals surface area contributed by atoms with Crippen molar-refractivity contribution in [2.45, 2.75) is 26.1 Å². The van der Waals surface area contributed by atoms with Crippen LogP contribution < -0.4 is 4.90 Å². The van der Waals surface area contributed by atoms with Crippen molar-refractivity contribution in [1.82, 2.24) is 14.7 Å². The van der Waals surface area contributed by atoms with Gasteiger partial charge in [-0.25, -0.2) is 0 Å². The zero-order valence-electron chi connectivity index (χ0n) is 18.6. The summed E-state index contributed by atoms with van der Waals surface area (Å²) in [6, 6.07) is 7.17. The monoisotopic (exact) mass is 461 g/mol. The van der Waals surface area contributed by atoms with Gasteiger partial charge in [-0.15, -0.1) is 0 Å². The molecule has 0 bridgehead atoms. The van der Waals surface area contributed by atoms with Crippen LogP contribution in [0.4, 0.5) is 18.9 Å². The van der Waals surface area contributed by atoms with E-state index in [1.165, 1.54) is 6.07 Å². The number of piperidine rings is 1. The van der Waals surface area contributed by atoms with Crippen molar-refractivity contribution in [1.29, 1.82) is 5.26 Å². The number of aromatic nitrogens is 2. The summed E-state index contributed by atoms with van der Waals surface area (Å²) >= 11 is 0. The van der Waals surface area contributed by atoms with E-state index in [4.69, 9.17) is 10.00 Å². The number of amides is 1. The second-order valence-electron chi connectivity index (χ2n) is 8.78. The topological polar surface area (TPSA) is 74.4 Å². The van der Waals surface area contributed by atoms with Crippen LogP contribution in [0.25, 0.3) is 0 Å². The van der Waals surface area contributed by atoms with Crippen molar-refractivity contribution in [3.63, 3.8) is 0 Å². The smallest absolute Gasteiger partial charge is 0.384 e. The molecule has 2 aliphatic heterocycles. The first-order valence-electron chi connectivity index (χ1n) is 10.9. The molecule has 33 heavy (non-hydrogen) atoms. The van der Waals surface area contributed by atoms with Crippen LogP contribution in [-0.2, 0) is 17.5 Å². The van der Waals surface area contributed by atoms with Crippen LogP contribution in [0.2, 0.25) is 0 Å². The summed E-state index contributed by atoms with van der Waals surface area (Å²) in [5.74, 6) is 0.0204. The zero-order chi connectivity index (χ0) is 23.8. The van der Waals surface area contributed by atoms with Gasteiger partial charge in [-0.3, -0.25) is 9.48 Å². The van der Waals surface area contributed by atoms with Crippen LogP contribution in [0.15, 0.2) is 30.5 Å². The SMILES string of the molecule is CCn1ccc(C(=O)N2CC[C@@H]3CN(c4ccc(C#N)c(C(F)(F)F)c4)C[C@]3(COC)C2)n1. The van der Waals surface area contributed by atoms with Crippen LogP contribution in [0, 0.1) is 22.7 Å². The van der Waals surface area contributed by atoms with Crippen molar-refractivity contribution in [3.05, 3.63) is 47.3 Å². The second-order valence-corrected chi connectivity index (χ2v) is 8.78. The summed E-state index contributed by atoms with van der Waals surface area (Å²) in [6.45, 7) is 5.04. The molecular weight excluding hydrogens is 435 g/mol. The van der Waals surface area contributed by atoms with E-state index in [9.17, 15) is 18.0 Å². The number of rotatable bonds is 5. The number of nitriles is 1. The lowest BCUT2D eigenvalue weighted by Gasteiger charge is -2.43. The Hall–Kier alpha value is -3.06. The molecule has 1 aromatic heterocycles. The number of alkyl halides is 3. The van der Waals surface area contributed by atoms with Gasteiger partial charge in [0, 0.05) is 57.1 Å². The molecular formula is C23H26F3N5O2. The Bertz CT molecular complexity index is 1080. The number of hydrogen-bond acceptors (Lipinski definition) is 5. The molecule has 10 heteroatoms. The van der Waals surface area contributed by atoms with E-state index < -0.39 is 22.7 Å². The van der Waals surface area contributed by atoms with E-state index in [-0.39, 0.29) is 11.8 Å². The lowest BCUT2D eigenvalue weighted by Crippen LogP contribution is -2.53. The number of fused-ring (bicyclic) bond motifs is 1. The van der Waals surface area contributed by atoms with E-state index in [2.05, 4.69) is 5.10 Å². The molecule has 0 radical (unpaired) electrons. The van der Waals surface area contributed by atoms with E-state index >= 15 is 0 Å². The highest BCUT2D eigenvalue weighted by Crippen LogP contribution is 2.45. The number of hydrogen-bond donors (Lipinski definition) is 0. The summed E-state index contributed by atoms with van der Waals surface area (Å²) in [5.41, 5.74) is -0.910. The maximum absolute atomic E-state index is 13.5. The van der Waals surface area contributed by atoms with Crippen LogP contribution >= 0.6 is 0 Å². The number of ether oxygens (including phenoxy) is 1. The third-order valence-electron chi connectivity index (χ3n) is 6.76. The van der Waals surface area contributed by atoms with Gasteiger partial charge in [-0.05, 0) is 43.5 Å². The maximum atomic E-state index is 13.5. The van der Waals surface area contributed by atoms with Crippen molar-refractivity contribution >= 4 is 11.6 Å². The van der Waals surface area contributed by atoms with Crippen molar-refractivity contribution < 1.29 is 22.7 Å². The number of carbonyl (C=O) groups excluding carboxylic acids is 1. The standard InChI is InChI=1S/C23H26F3N5O2/c1-3-31-9-7-20(28-31)21(32)29-8-6-17-12-30(14-22(17,13-29)15-33-2)18-5-4-16(11-27)19(10-18)23(24,25)26/h4-5,7,9-10,17H,3,6,8,12-15H2,1-2H3/t17-,22+/m1/s1. The van der Waals surface area contributed by atoms with Gasteiger partial charge in [0.25, 0.3) is 5.91 Å². The summed E-state index contributed by atoms with van der Waals surface area (Å²) < 4.78 is 47.7. The molecule has 1 amide bonds. The first kappa shape index (κ1) is 23.1. The third-order valence-corrected chi connectivity index (χ3v) is 6.76.